The SMILES string of the molecule is CCNC(=O)CCNS(=O)(=O)c1cnccc1NN. The van der Waals surface area contributed by atoms with Crippen molar-refractivity contribution in [3.63, 3.8) is 0 Å². The highest BCUT2D eigenvalue weighted by molar-refractivity contribution is 7.89. The summed E-state index contributed by atoms with van der Waals surface area (Å²) in [7, 11) is -3.75. The molecule has 0 atom stereocenters. The molecule has 0 bridgehead atoms. The van der Waals surface area contributed by atoms with Crippen LogP contribution >= 0.6 is 0 Å². The van der Waals surface area contributed by atoms with Crippen molar-refractivity contribution in [1.29, 1.82) is 0 Å². The molecule has 19 heavy (non-hydrogen) atoms. The van der Waals surface area contributed by atoms with Gasteiger partial charge in [-0.2, -0.15) is 0 Å². The predicted molar refractivity (Wildman–Crippen MR) is 70.5 cm³/mol. The van der Waals surface area contributed by atoms with Crippen LogP contribution in [0.5, 0.6) is 0 Å². The van der Waals surface area contributed by atoms with Crippen LogP contribution in [-0.4, -0.2) is 32.4 Å². The van der Waals surface area contributed by atoms with Crippen LogP contribution < -0.4 is 21.3 Å². The van der Waals surface area contributed by atoms with Crippen LogP contribution in [0.4, 0.5) is 5.69 Å². The van der Waals surface area contributed by atoms with Gasteiger partial charge in [-0.1, -0.05) is 0 Å². The molecule has 0 unspecified atom stereocenters. The number of anilines is 1. The first-order valence-electron chi connectivity index (χ1n) is 5.68. The molecule has 0 aliphatic heterocycles. The molecular weight excluding hydrogens is 270 g/mol. The van der Waals surface area contributed by atoms with Crippen LogP contribution in [-0.2, 0) is 14.8 Å². The number of amides is 1. The fourth-order valence-corrected chi connectivity index (χ4v) is 2.52. The number of hydrogen-bond acceptors (Lipinski definition) is 6. The van der Waals surface area contributed by atoms with Crippen molar-refractivity contribution in [3.8, 4) is 0 Å². The molecule has 8 nitrogen and oxygen atoms in total. The van der Waals surface area contributed by atoms with Gasteiger partial charge in [0.2, 0.25) is 15.9 Å². The maximum atomic E-state index is 12.0. The van der Waals surface area contributed by atoms with Crippen molar-refractivity contribution in [2.75, 3.05) is 18.5 Å². The van der Waals surface area contributed by atoms with Crippen molar-refractivity contribution < 1.29 is 13.2 Å². The first-order chi connectivity index (χ1) is 9.01. The quantitative estimate of drug-likeness (QED) is 0.383. The summed E-state index contributed by atoms with van der Waals surface area (Å²) in [6.07, 6.45) is 2.67. The van der Waals surface area contributed by atoms with E-state index in [9.17, 15) is 13.2 Å². The Labute approximate surface area is 111 Å². The Kier molecular flexibility index (Phi) is 5.67. The zero-order valence-electron chi connectivity index (χ0n) is 10.5. The smallest absolute Gasteiger partial charge is 0.244 e. The van der Waals surface area contributed by atoms with Crippen LogP contribution in [0.25, 0.3) is 0 Å². The average Bonchev–Trinajstić information content (AvgIpc) is 2.38. The number of hydrazine groups is 1. The number of hydrogen-bond donors (Lipinski definition) is 4. The topological polar surface area (TPSA) is 126 Å². The summed E-state index contributed by atoms with van der Waals surface area (Å²) in [6, 6.07) is 1.44. The van der Waals surface area contributed by atoms with Gasteiger partial charge in [-0.05, 0) is 13.0 Å². The number of nitrogen functional groups attached to an aromatic ring is 1. The molecule has 0 saturated heterocycles. The molecule has 9 heteroatoms. The summed E-state index contributed by atoms with van der Waals surface area (Å²) in [5.41, 5.74) is 2.52. The van der Waals surface area contributed by atoms with Gasteiger partial charge < -0.3 is 10.7 Å². The molecule has 0 aromatic carbocycles. The monoisotopic (exact) mass is 287 g/mol. The molecule has 1 aromatic rings. The fourth-order valence-electron chi connectivity index (χ4n) is 1.38. The van der Waals surface area contributed by atoms with E-state index in [1.165, 1.54) is 18.5 Å². The molecule has 0 aliphatic rings. The lowest BCUT2D eigenvalue weighted by molar-refractivity contribution is -0.120. The Bertz CT molecular complexity index is 532. The lowest BCUT2D eigenvalue weighted by Gasteiger charge is -2.10. The van der Waals surface area contributed by atoms with Crippen LogP contribution in [0, 0.1) is 0 Å². The predicted octanol–water partition coefficient (Wildman–Crippen LogP) is -0.828. The highest BCUT2D eigenvalue weighted by Crippen LogP contribution is 2.17. The summed E-state index contributed by atoms with van der Waals surface area (Å²) in [6.45, 7) is 2.30. The molecule has 1 rings (SSSR count). The minimum absolute atomic E-state index is 0.00702. The second-order valence-corrected chi connectivity index (χ2v) is 5.35. The number of carbonyl (C=O) groups excluding carboxylic acids is 1. The highest BCUT2D eigenvalue weighted by Gasteiger charge is 2.18. The summed E-state index contributed by atoms with van der Waals surface area (Å²) in [4.78, 5) is 14.9. The van der Waals surface area contributed by atoms with Gasteiger partial charge in [0.1, 0.15) is 4.90 Å². The minimum Gasteiger partial charge on any atom is -0.356 e. The minimum atomic E-state index is -3.75. The van der Waals surface area contributed by atoms with E-state index in [1.54, 1.807) is 6.92 Å². The lowest BCUT2D eigenvalue weighted by Crippen LogP contribution is -2.31. The van der Waals surface area contributed by atoms with Crippen LogP contribution in [0.2, 0.25) is 0 Å². The first-order valence-corrected chi connectivity index (χ1v) is 7.16. The Hall–Kier alpha value is -1.71. The average molecular weight is 287 g/mol. The Balaban J connectivity index is 2.68. The molecule has 1 aromatic heterocycles. The van der Waals surface area contributed by atoms with E-state index < -0.39 is 10.0 Å². The van der Waals surface area contributed by atoms with E-state index in [4.69, 9.17) is 5.84 Å². The second kappa shape index (κ2) is 7.02. The van der Waals surface area contributed by atoms with Gasteiger partial charge in [0.05, 0.1) is 5.69 Å². The normalized spacial score (nSPS) is 11.1. The number of rotatable bonds is 7. The number of nitrogens with two attached hydrogens (primary N) is 1. The Morgan fingerprint density at radius 1 is 1.47 bits per heavy atom. The molecule has 0 aliphatic carbocycles. The van der Waals surface area contributed by atoms with Crippen LogP contribution in [0.15, 0.2) is 23.4 Å². The standard InChI is InChI=1S/C10H17N5O3S/c1-2-13-10(16)4-6-14-19(17,18)9-7-12-5-3-8(9)15-11/h3,5,7,14H,2,4,6,11H2,1H3,(H,12,15)(H,13,16). The van der Waals surface area contributed by atoms with Crippen molar-refractivity contribution in [1.82, 2.24) is 15.0 Å². The molecule has 0 radical (unpaired) electrons. The largest absolute Gasteiger partial charge is 0.356 e. The third-order valence-corrected chi connectivity index (χ3v) is 3.74. The first kappa shape index (κ1) is 15.3. The molecule has 0 spiro atoms. The van der Waals surface area contributed by atoms with E-state index in [0.717, 1.165) is 0 Å². The van der Waals surface area contributed by atoms with Crippen LogP contribution in [0.3, 0.4) is 0 Å². The molecule has 1 amide bonds. The number of pyridine rings is 1. The lowest BCUT2D eigenvalue weighted by atomic mass is 10.4. The van der Waals surface area contributed by atoms with E-state index in [0.29, 0.717) is 6.54 Å². The highest BCUT2D eigenvalue weighted by atomic mass is 32.2. The number of nitrogens with one attached hydrogen (secondary N) is 3. The fraction of sp³-hybridized carbons (Fsp3) is 0.400. The number of carbonyl (C=O) groups is 1. The third kappa shape index (κ3) is 4.47. The zero-order chi connectivity index (χ0) is 14.3. The molecule has 0 saturated carbocycles. The van der Waals surface area contributed by atoms with E-state index in [2.05, 4.69) is 20.4 Å². The molecular formula is C10H17N5O3S. The van der Waals surface area contributed by atoms with Gasteiger partial charge in [0.25, 0.3) is 0 Å². The van der Waals surface area contributed by atoms with Gasteiger partial charge >= 0.3 is 0 Å². The third-order valence-electron chi connectivity index (χ3n) is 2.25. The molecule has 5 N–H and O–H groups in total. The number of sulfonamides is 1. The van der Waals surface area contributed by atoms with Crippen molar-refractivity contribution in [3.05, 3.63) is 18.5 Å². The molecule has 106 valence electrons. The van der Waals surface area contributed by atoms with Crippen molar-refractivity contribution in [2.45, 2.75) is 18.2 Å². The van der Waals surface area contributed by atoms with Crippen LogP contribution in [0.1, 0.15) is 13.3 Å². The maximum Gasteiger partial charge on any atom is 0.244 e. The molecule has 1 heterocycles. The summed E-state index contributed by atoms with van der Waals surface area (Å²) in [5.74, 6) is 5.02. The van der Waals surface area contributed by atoms with Gasteiger partial charge in [0, 0.05) is 31.9 Å². The zero-order valence-corrected chi connectivity index (χ0v) is 11.3. The van der Waals surface area contributed by atoms with Gasteiger partial charge in [-0.3, -0.25) is 15.6 Å². The van der Waals surface area contributed by atoms with Gasteiger partial charge in [-0.15, -0.1) is 0 Å². The van der Waals surface area contributed by atoms with E-state index >= 15 is 0 Å². The Morgan fingerprint density at radius 3 is 2.84 bits per heavy atom. The summed E-state index contributed by atoms with van der Waals surface area (Å²) >= 11 is 0. The van der Waals surface area contributed by atoms with E-state index in [-0.39, 0.29) is 29.5 Å². The molecule has 0 fully saturated rings. The maximum absolute atomic E-state index is 12.0. The van der Waals surface area contributed by atoms with E-state index in [1.807, 2.05) is 0 Å². The van der Waals surface area contributed by atoms with Crippen molar-refractivity contribution in [2.24, 2.45) is 5.84 Å². The summed E-state index contributed by atoms with van der Waals surface area (Å²) < 4.78 is 26.3. The Morgan fingerprint density at radius 2 is 2.21 bits per heavy atom. The second-order valence-electron chi connectivity index (χ2n) is 3.62. The van der Waals surface area contributed by atoms with Crippen molar-refractivity contribution >= 4 is 21.6 Å². The number of nitrogens with zero attached hydrogens (tertiary/aromatic N) is 1. The number of aromatic nitrogens is 1. The van der Waals surface area contributed by atoms with Gasteiger partial charge in [0.15, 0.2) is 0 Å². The summed E-state index contributed by atoms with van der Waals surface area (Å²) in [5, 5.41) is 2.58. The van der Waals surface area contributed by atoms with Gasteiger partial charge in [-0.25, -0.2) is 13.1 Å².